The molecule has 1 aromatic heterocycles. The number of rotatable bonds is 9. The molecular formula is C27H22N2O6. The van der Waals surface area contributed by atoms with Crippen LogP contribution in [0.4, 0.5) is 0 Å². The Hall–Kier alpha value is -4.43. The van der Waals surface area contributed by atoms with E-state index in [4.69, 9.17) is 9.57 Å². The van der Waals surface area contributed by atoms with Crippen LogP contribution in [0.25, 0.3) is 10.9 Å². The molecule has 0 bridgehead atoms. The lowest BCUT2D eigenvalue weighted by molar-refractivity contribution is -0.137. The van der Waals surface area contributed by atoms with Gasteiger partial charge in [0.15, 0.2) is 0 Å². The molecule has 0 saturated heterocycles. The minimum Gasteiger partial charge on any atom is -0.491 e. The van der Waals surface area contributed by atoms with E-state index in [9.17, 15) is 19.5 Å². The first-order valence-electron chi connectivity index (χ1n) is 11.1. The Balaban J connectivity index is 1.25. The number of fused-ring (bicyclic) bond motifs is 2. The van der Waals surface area contributed by atoms with Crippen LogP contribution in [-0.4, -0.2) is 45.7 Å². The third kappa shape index (κ3) is 4.39. The van der Waals surface area contributed by atoms with Crippen LogP contribution < -0.4 is 4.74 Å². The van der Waals surface area contributed by atoms with E-state index >= 15 is 0 Å². The molecule has 1 N–H and O–H groups in total. The van der Waals surface area contributed by atoms with E-state index < -0.39 is 17.8 Å². The first-order chi connectivity index (χ1) is 17.0. The number of carbonyl (C=O) groups is 3. The fourth-order valence-electron chi connectivity index (χ4n) is 4.29. The predicted octanol–water partition coefficient (Wildman–Crippen LogP) is 4.31. The van der Waals surface area contributed by atoms with Crippen molar-refractivity contribution >= 4 is 28.7 Å². The number of aromatic nitrogens is 1. The van der Waals surface area contributed by atoms with Gasteiger partial charge in [-0.05, 0) is 42.0 Å². The molecule has 1 atom stereocenters. The van der Waals surface area contributed by atoms with E-state index in [1.807, 2.05) is 59.3 Å². The van der Waals surface area contributed by atoms with E-state index in [1.54, 1.807) is 30.3 Å². The van der Waals surface area contributed by atoms with Crippen LogP contribution in [0.15, 0.2) is 85.1 Å². The van der Waals surface area contributed by atoms with Crippen LogP contribution in [0.2, 0.25) is 0 Å². The summed E-state index contributed by atoms with van der Waals surface area (Å²) in [6.45, 7) is 0.143. The van der Waals surface area contributed by atoms with E-state index in [2.05, 4.69) is 0 Å². The Morgan fingerprint density at radius 2 is 1.54 bits per heavy atom. The molecule has 1 aliphatic heterocycles. The van der Waals surface area contributed by atoms with Gasteiger partial charge < -0.3 is 14.4 Å². The Morgan fingerprint density at radius 3 is 2.23 bits per heavy atom. The van der Waals surface area contributed by atoms with Crippen LogP contribution in [-0.2, 0) is 9.63 Å². The molecule has 0 spiro atoms. The number of hydrogen-bond donors (Lipinski definition) is 1. The highest BCUT2D eigenvalue weighted by molar-refractivity contribution is 6.20. The molecule has 1 unspecified atom stereocenters. The standard InChI is InChI=1S/C27H22N2O6/c30-25(31)17-24(18-6-2-1-3-7-18)28-13-12-19-16-20(10-11-23(19)28)34-14-15-35-29-26(32)21-8-4-5-9-22(21)27(29)33/h1-13,16,24H,14-15,17H2,(H,30,31). The molecule has 4 aromatic rings. The highest BCUT2D eigenvalue weighted by Crippen LogP contribution is 2.30. The van der Waals surface area contributed by atoms with Gasteiger partial charge in [-0.3, -0.25) is 19.2 Å². The van der Waals surface area contributed by atoms with Gasteiger partial charge in [-0.15, -0.1) is 5.06 Å². The molecule has 8 nitrogen and oxygen atoms in total. The van der Waals surface area contributed by atoms with E-state index in [0.717, 1.165) is 21.5 Å². The molecular weight excluding hydrogens is 448 g/mol. The summed E-state index contributed by atoms with van der Waals surface area (Å²) in [4.78, 5) is 41.6. The van der Waals surface area contributed by atoms with E-state index in [1.165, 1.54) is 0 Å². The Labute approximate surface area is 200 Å². The lowest BCUT2D eigenvalue weighted by Gasteiger charge is -2.19. The molecule has 1 aliphatic rings. The highest BCUT2D eigenvalue weighted by atomic mass is 16.7. The Kier molecular flexibility index (Phi) is 6.03. The topological polar surface area (TPSA) is 98.1 Å². The Morgan fingerprint density at radius 1 is 0.857 bits per heavy atom. The van der Waals surface area contributed by atoms with Gasteiger partial charge >= 0.3 is 5.97 Å². The van der Waals surface area contributed by atoms with E-state index in [-0.39, 0.29) is 25.7 Å². The van der Waals surface area contributed by atoms with Gasteiger partial charge in [-0.2, -0.15) is 0 Å². The number of aliphatic carboxylic acids is 1. The third-order valence-electron chi connectivity index (χ3n) is 5.91. The zero-order chi connectivity index (χ0) is 24.4. The third-order valence-corrected chi connectivity index (χ3v) is 5.91. The Bertz CT molecular complexity index is 1380. The van der Waals surface area contributed by atoms with Gasteiger partial charge in [0.1, 0.15) is 19.0 Å². The molecule has 2 heterocycles. The van der Waals surface area contributed by atoms with Crippen molar-refractivity contribution in [2.24, 2.45) is 0 Å². The van der Waals surface area contributed by atoms with Gasteiger partial charge in [0.05, 0.1) is 23.6 Å². The van der Waals surface area contributed by atoms with Crippen molar-refractivity contribution in [2.75, 3.05) is 13.2 Å². The summed E-state index contributed by atoms with van der Waals surface area (Å²) in [7, 11) is 0. The summed E-state index contributed by atoms with van der Waals surface area (Å²) in [5.41, 5.74) is 2.45. The number of carbonyl (C=O) groups excluding carboxylic acids is 2. The van der Waals surface area contributed by atoms with Crippen LogP contribution in [0.5, 0.6) is 5.75 Å². The minimum atomic E-state index is -0.876. The summed E-state index contributed by atoms with van der Waals surface area (Å²) in [5.74, 6) is -1.25. The van der Waals surface area contributed by atoms with Gasteiger partial charge in [0, 0.05) is 17.1 Å². The quantitative estimate of drug-likeness (QED) is 0.289. The minimum absolute atomic E-state index is 0.0131. The van der Waals surface area contributed by atoms with Crippen LogP contribution in [0.1, 0.15) is 38.7 Å². The fraction of sp³-hybridized carbons (Fsp3) is 0.148. The maximum Gasteiger partial charge on any atom is 0.305 e. The molecule has 0 aliphatic carbocycles. The first kappa shape index (κ1) is 22.4. The zero-order valence-corrected chi connectivity index (χ0v) is 18.7. The molecule has 3 aromatic carbocycles. The monoisotopic (exact) mass is 470 g/mol. The molecule has 5 rings (SSSR count). The van der Waals surface area contributed by atoms with Crippen molar-refractivity contribution in [2.45, 2.75) is 12.5 Å². The number of hydrogen-bond acceptors (Lipinski definition) is 5. The van der Waals surface area contributed by atoms with Gasteiger partial charge in [0.25, 0.3) is 11.8 Å². The smallest absolute Gasteiger partial charge is 0.305 e. The van der Waals surface area contributed by atoms with Crippen molar-refractivity contribution in [3.63, 3.8) is 0 Å². The summed E-state index contributed by atoms with van der Waals surface area (Å²) in [6, 6.07) is 23.2. The summed E-state index contributed by atoms with van der Waals surface area (Å²) in [6.07, 6.45) is 1.83. The van der Waals surface area contributed by atoms with Gasteiger partial charge in [-0.25, -0.2) is 0 Å². The number of imide groups is 1. The van der Waals surface area contributed by atoms with Crippen LogP contribution in [0.3, 0.4) is 0 Å². The lowest BCUT2D eigenvalue weighted by atomic mass is 10.0. The molecule has 0 radical (unpaired) electrons. The van der Waals surface area contributed by atoms with Crippen molar-refractivity contribution in [3.05, 3.63) is 102 Å². The number of amides is 2. The number of benzene rings is 3. The second kappa shape index (κ2) is 9.44. The normalized spacial score (nSPS) is 13.8. The van der Waals surface area contributed by atoms with Crippen molar-refractivity contribution in [1.29, 1.82) is 0 Å². The number of nitrogens with zero attached hydrogens (tertiary/aromatic N) is 2. The summed E-state index contributed by atoms with van der Waals surface area (Å²) >= 11 is 0. The molecule has 0 fully saturated rings. The van der Waals surface area contributed by atoms with E-state index in [0.29, 0.717) is 16.9 Å². The zero-order valence-electron chi connectivity index (χ0n) is 18.7. The maximum absolute atomic E-state index is 12.3. The number of hydroxylamine groups is 2. The lowest BCUT2D eigenvalue weighted by Crippen LogP contribution is -2.31. The fourth-order valence-corrected chi connectivity index (χ4v) is 4.29. The van der Waals surface area contributed by atoms with Gasteiger partial charge in [0.2, 0.25) is 0 Å². The number of carboxylic acids is 1. The number of carboxylic acid groups (broad SMARTS) is 1. The molecule has 2 amide bonds. The van der Waals surface area contributed by atoms with Crippen LogP contribution >= 0.6 is 0 Å². The molecule has 8 heteroatoms. The van der Waals surface area contributed by atoms with Crippen molar-refractivity contribution < 1.29 is 29.1 Å². The van der Waals surface area contributed by atoms with Crippen LogP contribution in [0, 0.1) is 0 Å². The van der Waals surface area contributed by atoms with Crippen molar-refractivity contribution in [1.82, 2.24) is 9.63 Å². The highest BCUT2D eigenvalue weighted by Gasteiger charge is 2.36. The SMILES string of the molecule is O=C(O)CC(c1ccccc1)n1ccc2cc(OCCON3C(=O)c4ccccc4C3=O)ccc21. The summed E-state index contributed by atoms with van der Waals surface area (Å²) < 4.78 is 7.72. The average molecular weight is 470 g/mol. The predicted molar refractivity (Wildman–Crippen MR) is 127 cm³/mol. The van der Waals surface area contributed by atoms with Gasteiger partial charge in [-0.1, -0.05) is 42.5 Å². The second-order valence-electron chi connectivity index (χ2n) is 8.10. The molecule has 176 valence electrons. The first-order valence-corrected chi connectivity index (χ1v) is 11.1. The average Bonchev–Trinajstić information content (AvgIpc) is 3.39. The van der Waals surface area contributed by atoms with Crippen molar-refractivity contribution in [3.8, 4) is 5.75 Å². The molecule has 35 heavy (non-hydrogen) atoms. The summed E-state index contributed by atoms with van der Waals surface area (Å²) in [5, 5.41) is 11.1. The maximum atomic E-state index is 12.3. The molecule has 0 saturated carbocycles. The second-order valence-corrected chi connectivity index (χ2v) is 8.10. The number of ether oxygens (including phenoxy) is 1. The largest absolute Gasteiger partial charge is 0.491 e.